The lowest BCUT2D eigenvalue weighted by atomic mass is 10.1. The standard InChI is InChI=1S/C29H29Cl2N5/c1-19-8-4-12-23-26(19)33-29(34-28(23)32-14-7-15-35(2)3)24-18-36(17-20-9-5-10-21(30)16-20)27-22(24)11-6-13-25(27)31/h4-6,8-13,16,18H,7,14-15,17H2,1-3H3,(H,32,33,34). The van der Waals surface area contributed by atoms with E-state index in [4.69, 9.17) is 33.2 Å². The van der Waals surface area contributed by atoms with E-state index in [0.29, 0.717) is 22.4 Å². The molecule has 0 saturated heterocycles. The number of aryl methyl sites for hydroxylation is 1. The number of fused-ring (bicyclic) bond motifs is 2. The Hall–Kier alpha value is -3.12. The van der Waals surface area contributed by atoms with E-state index < -0.39 is 0 Å². The van der Waals surface area contributed by atoms with Gasteiger partial charge in [-0.15, -0.1) is 0 Å². The van der Waals surface area contributed by atoms with Gasteiger partial charge in [-0.05, 0) is 69.4 Å². The molecule has 0 radical (unpaired) electrons. The van der Waals surface area contributed by atoms with Gasteiger partial charge in [0.1, 0.15) is 5.82 Å². The van der Waals surface area contributed by atoms with Crippen molar-refractivity contribution in [2.24, 2.45) is 0 Å². The van der Waals surface area contributed by atoms with Crippen LogP contribution in [0.4, 0.5) is 5.82 Å². The van der Waals surface area contributed by atoms with E-state index in [9.17, 15) is 0 Å². The summed E-state index contributed by atoms with van der Waals surface area (Å²) < 4.78 is 2.16. The Labute approximate surface area is 221 Å². The van der Waals surface area contributed by atoms with Crippen LogP contribution in [-0.2, 0) is 6.54 Å². The van der Waals surface area contributed by atoms with Crippen molar-refractivity contribution in [3.05, 3.63) is 88.0 Å². The molecule has 7 heteroatoms. The van der Waals surface area contributed by atoms with Crippen LogP contribution in [0.1, 0.15) is 17.5 Å². The van der Waals surface area contributed by atoms with Crippen LogP contribution < -0.4 is 5.32 Å². The molecular formula is C29H29Cl2N5. The normalized spacial score (nSPS) is 11.6. The molecule has 0 fully saturated rings. The summed E-state index contributed by atoms with van der Waals surface area (Å²) in [6.45, 7) is 4.58. The minimum Gasteiger partial charge on any atom is -0.369 e. The van der Waals surface area contributed by atoms with Gasteiger partial charge in [0.25, 0.3) is 0 Å². The number of para-hydroxylation sites is 2. The van der Waals surface area contributed by atoms with Gasteiger partial charge >= 0.3 is 0 Å². The van der Waals surface area contributed by atoms with Crippen molar-refractivity contribution in [3.8, 4) is 11.4 Å². The maximum Gasteiger partial charge on any atom is 0.164 e. The van der Waals surface area contributed by atoms with Crippen LogP contribution in [0.3, 0.4) is 0 Å². The highest BCUT2D eigenvalue weighted by Gasteiger charge is 2.18. The second kappa shape index (κ2) is 10.5. The fourth-order valence-corrected chi connectivity index (χ4v) is 5.10. The molecule has 0 atom stereocenters. The van der Waals surface area contributed by atoms with Gasteiger partial charge in [-0.3, -0.25) is 0 Å². The second-order valence-electron chi connectivity index (χ2n) is 9.39. The molecule has 0 aliphatic heterocycles. The number of nitrogens with zero attached hydrogens (tertiary/aromatic N) is 4. The van der Waals surface area contributed by atoms with E-state index in [-0.39, 0.29) is 0 Å². The van der Waals surface area contributed by atoms with Crippen LogP contribution in [0.25, 0.3) is 33.2 Å². The molecule has 0 aliphatic carbocycles. The molecule has 0 spiro atoms. The molecule has 2 heterocycles. The average Bonchev–Trinajstić information content (AvgIpc) is 3.21. The predicted molar refractivity (Wildman–Crippen MR) is 152 cm³/mol. The number of nitrogens with one attached hydrogen (secondary N) is 1. The van der Waals surface area contributed by atoms with E-state index in [0.717, 1.165) is 63.8 Å². The summed E-state index contributed by atoms with van der Waals surface area (Å²) in [5.41, 5.74) is 5.09. The Morgan fingerprint density at radius 3 is 2.53 bits per heavy atom. The molecule has 184 valence electrons. The Bertz CT molecular complexity index is 1540. The lowest BCUT2D eigenvalue weighted by molar-refractivity contribution is 0.405. The van der Waals surface area contributed by atoms with Crippen LogP contribution in [0.5, 0.6) is 0 Å². The van der Waals surface area contributed by atoms with Crippen LogP contribution in [0.2, 0.25) is 10.0 Å². The van der Waals surface area contributed by atoms with Crippen LogP contribution >= 0.6 is 23.2 Å². The minimum absolute atomic E-state index is 0.642. The van der Waals surface area contributed by atoms with Gasteiger partial charge in [0, 0.05) is 40.6 Å². The number of halogens is 2. The highest BCUT2D eigenvalue weighted by molar-refractivity contribution is 6.35. The van der Waals surface area contributed by atoms with Crippen molar-refractivity contribution < 1.29 is 0 Å². The van der Waals surface area contributed by atoms with Crippen LogP contribution in [0, 0.1) is 6.92 Å². The highest BCUT2D eigenvalue weighted by atomic mass is 35.5. The molecule has 0 saturated carbocycles. The summed E-state index contributed by atoms with van der Waals surface area (Å²) in [6, 6.07) is 20.1. The maximum atomic E-state index is 6.72. The van der Waals surface area contributed by atoms with Gasteiger partial charge in [0.2, 0.25) is 0 Å². The third-order valence-corrected chi connectivity index (χ3v) is 6.87. The van der Waals surface area contributed by atoms with Crippen molar-refractivity contribution in [1.82, 2.24) is 19.4 Å². The monoisotopic (exact) mass is 517 g/mol. The molecule has 5 rings (SSSR count). The zero-order valence-electron chi connectivity index (χ0n) is 20.7. The van der Waals surface area contributed by atoms with Crippen LogP contribution in [-0.4, -0.2) is 46.6 Å². The largest absolute Gasteiger partial charge is 0.369 e. The third-order valence-electron chi connectivity index (χ3n) is 6.33. The molecule has 3 aromatic carbocycles. The summed E-state index contributed by atoms with van der Waals surface area (Å²) >= 11 is 13.0. The van der Waals surface area contributed by atoms with Gasteiger partial charge in [-0.1, -0.05) is 59.6 Å². The van der Waals surface area contributed by atoms with Crippen LogP contribution in [0.15, 0.2) is 66.9 Å². The number of hydrogen-bond donors (Lipinski definition) is 1. The molecule has 0 unspecified atom stereocenters. The molecule has 0 aliphatic rings. The lowest BCUT2D eigenvalue weighted by Gasteiger charge is -2.13. The smallest absolute Gasteiger partial charge is 0.164 e. The first-order chi connectivity index (χ1) is 17.4. The zero-order valence-corrected chi connectivity index (χ0v) is 22.2. The van der Waals surface area contributed by atoms with Gasteiger partial charge in [0.15, 0.2) is 5.82 Å². The Kier molecular flexibility index (Phi) is 7.15. The molecular weight excluding hydrogens is 489 g/mol. The summed E-state index contributed by atoms with van der Waals surface area (Å²) in [6.07, 6.45) is 3.13. The first-order valence-corrected chi connectivity index (χ1v) is 12.8. The van der Waals surface area contributed by atoms with Crippen molar-refractivity contribution in [1.29, 1.82) is 0 Å². The fourth-order valence-electron chi connectivity index (χ4n) is 4.60. The Balaban J connectivity index is 1.63. The first kappa shape index (κ1) is 24.6. The number of anilines is 1. The SMILES string of the molecule is Cc1cccc2c(NCCCN(C)C)nc(-c3cn(Cc4cccc(Cl)c4)c4c(Cl)cccc34)nc12. The predicted octanol–water partition coefficient (Wildman–Crippen LogP) is 7.28. The number of rotatable bonds is 8. The topological polar surface area (TPSA) is 46.0 Å². The van der Waals surface area contributed by atoms with E-state index in [2.05, 4.69) is 72.3 Å². The Morgan fingerprint density at radius 1 is 0.944 bits per heavy atom. The lowest BCUT2D eigenvalue weighted by Crippen LogP contribution is -2.17. The molecule has 36 heavy (non-hydrogen) atoms. The van der Waals surface area contributed by atoms with E-state index in [1.807, 2.05) is 30.3 Å². The number of aromatic nitrogens is 3. The van der Waals surface area contributed by atoms with E-state index in [1.54, 1.807) is 0 Å². The summed E-state index contributed by atoms with van der Waals surface area (Å²) in [5, 5.41) is 7.03. The van der Waals surface area contributed by atoms with E-state index in [1.165, 1.54) is 0 Å². The first-order valence-electron chi connectivity index (χ1n) is 12.1. The van der Waals surface area contributed by atoms with Gasteiger partial charge in [-0.2, -0.15) is 0 Å². The van der Waals surface area contributed by atoms with Gasteiger partial charge < -0.3 is 14.8 Å². The molecule has 2 aromatic heterocycles. The molecule has 1 N–H and O–H groups in total. The quantitative estimate of drug-likeness (QED) is 0.219. The molecule has 5 nitrogen and oxygen atoms in total. The highest BCUT2D eigenvalue weighted by Crippen LogP contribution is 2.35. The molecule has 0 amide bonds. The summed E-state index contributed by atoms with van der Waals surface area (Å²) in [5.74, 6) is 1.54. The second-order valence-corrected chi connectivity index (χ2v) is 10.2. The zero-order chi connectivity index (χ0) is 25.2. The van der Waals surface area contributed by atoms with Crippen molar-refractivity contribution in [2.45, 2.75) is 19.9 Å². The fraction of sp³-hybridized carbons (Fsp3) is 0.241. The van der Waals surface area contributed by atoms with Crippen molar-refractivity contribution in [3.63, 3.8) is 0 Å². The van der Waals surface area contributed by atoms with Gasteiger partial charge in [0.05, 0.1) is 16.1 Å². The van der Waals surface area contributed by atoms with Crippen molar-refractivity contribution >= 4 is 50.8 Å². The number of hydrogen-bond acceptors (Lipinski definition) is 4. The minimum atomic E-state index is 0.642. The third kappa shape index (κ3) is 5.05. The Morgan fingerprint density at radius 2 is 1.72 bits per heavy atom. The summed E-state index contributed by atoms with van der Waals surface area (Å²) in [7, 11) is 4.18. The van der Waals surface area contributed by atoms with Gasteiger partial charge in [-0.25, -0.2) is 9.97 Å². The average molecular weight is 518 g/mol. The summed E-state index contributed by atoms with van der Waals surface area (Å²) in [4.78, 5) is 12.3. The molecule has 0 bridgehead atoms. The number of benzene rings is 3. The molecule has 5 aromatic rings. The van der Waals surface area contributed by atoms with Crippen molar-refractivity contribution in [2.75, 3.05) is 32.5 Å². The van der Waals surface area contributed by atoms with E-state index >= 15 is 0 Å². The maximum absolute atomic E-state index is 6.72.